The number of benzene rings is 3. The van der Waals surface area contributed by atoms with Crippen LogP contribution in [0.1, 0.15) is 39.5 Å². The minimum absolute atomic E-state index is 0.118. The number of alkyl halides is 3. The normalized spacial score (nSPS) is 27.9. The second kappa shape index (κ2) is 10.8. The lowest BCUT2D eigenvalue weighted by Gasteiger charge is -2.43. The number of nitrogens with one attached hydrogen (secondary N) is 1. The van der Waals surface area contributed by atoms with Crippen molar-refractivity contribution in [1.82, 2.24) is 4.98 Å². The van der Waals surface area contributed by atoms with E-state index in [4.69, 9.17) is 4.74 Å². The van der Waals surface area contributed by atoms with Crippen LogP contribution in [-0.4, -0.2) is 22.0 Å². The van der Waals surface area contributed by atoms with Gasteiger partial charge in [0.25, 0.3) is 0 Å². The van der Waals surface area contributed by atoms with E-state index in [2.05, 4.69) is 27.0 Å². The Morgan fingerprint density at radius 2 is 1.74 bits per heavy atom. The van der Waals surface area contributed by atoms with E-state index in [1.165, 1.54) is 30.0 Å². The summed E-state index contributed by atoms with van der Waals surface area (Å²) in [5.41, 5.74) is 1.58. The largest absolute Gasteiger partial charge is 0.489 e. The van der Waals surface area contributed by atoms with Crippen LogP contribution in [0.5, 0.6) is 5.75 Å². The number of H-pyrrole nitrogens is 1. The molecule has 2 aliphatic heterocycles. The van der Waals surface area contributed by atoms with E-state index in [-0.39, 0.29) is 33.8 Å². The van der Waals surface area contributed by atoms with Crippen molar-refractivity contribution in [3.63, 3.8) is 0 Å². The molecule has 4 aromatic rings. The summed E-state index contributed by atoms with van der Waals surface area (Å²) in [5, 5.41) is 0.623. The Morgan fingerprint density at radius 1 is 0.978 bits per heavy atom. The van der Waals surface area contributed by atoms with Crippen LogP contribution < -0.4 is 14.5 Å². The average molecular weight is 728 g/mol. The van der Waals surface area contributed by atoms with Gasteiger partial charge in [-0.25, -0.2) is 4.90 Å². The van der Waals surface area contributed by atoms with Gasteiger partial charge in [-0.1, -0.05) is 69.2 Å². The zero-order valence-electron chi connectivity index (χ0n) is 24.2. The number of aromatic amines is 1. The Balaban J connectivity index is 1.20. The number of amides is 2. The molecule has 2 aliphatic carbocycles. The highest BCUT2D eigenvalue weighted by Gasteiger charge is 2.70. The standard InChI is InChI=1S/C34H26BrF3N2O4S2/c1-15-5-4-6-16(11-15)14-44-23-10-9-17(35)12-18(23)24-25-19-13-20(28(25)45-30-29(24)46-33(43)39-30)27-26(19)31(41)40(32(27)42)22-8-3-2-7-21(22)34(36,37)38/h2-12,19-20,24-28H,13-14H2,1H3,(H,39,43)/t19-,20-,24+,25+,26+,27+,28-/m1/s1. The number of thioether (sulfide) groups is 1. The summed E-state index contributed by atoms with van der Waals surface area (Å²) in [5.74, 6) is -2.86. The monoisotopic (exact) mass is 726 g/mol. The number of thiazole rings is 1. The Morgan fingerprint density at radius 3 is 2.50 bits per heavy atom. The Hall–Kier alpha value is -3.35. The summed E-state index contributed by atoms with van der Waals surface area (Å²) >= 11 is 6.29. The molecule has 1 N–H and O–H groups in total. The molecule has 3 heterocycles. The smallest absolute Gasteiger partial charge is 0.418 e. The zero-order valence-corrected chi connectivity index (χ0v) is 27.4. The van der Waals surface area contributed by atoms with Gasteiger partial charge in [0, 0.05) is 26.1 Å². The molecule has 12 heteroatoms. The van der Waals surface area contributed by atoms with Crippen LogP contribution in [0, 0.1) is 36.5 Å². The van der Waals surface area contributed by atoms with Gasteiger partial charge in [-0.3, -0.25) is 14.4 Å². The third-order valence-electron chi connectivity index (χ3n) is 9.96. The zero-order chi connectivity index (χ0) is 32.1. The van der Waals surface area contributed by atoms with Crippen LogP contribution in [0.3, 0.4) is 0 Å². The van der Waals surface area contributed by atoms with Crippen LogP contribution >= 0.6 is 39.0 Å². The lowest BCUT2D eigenvalue weighted by Crippen LogP contribution is -2.42. The molecule has 7 atom stereocenters. The summed E-state index contributed by atoms with van der Waals surface area (Å²) in [7, 11) is 0. The maximum atomic E-state index is 14.1. The van der Waals surface area contributed by atoms with E-state index in [1.807, 2.05) is 43.3 Å². The topological polar surface area (TPSA) is 79.5 Å². The van der Waals surface area contributed by atoms with Crippen molar-refractivity contribution in [2.24, 2.45) is 29.6 Å². The number of ether oxygens (including phenoxy) is 1. The summed E-state index contributed by atoms with van der Waals surface area (Å²) in [6, 6.07) is 18.6. The number of nitrogens with zero attached hydrogens (tertiary/aromatic N) is 1. The molecule has 2 bridgehead atoms. The number of aromatic nitrogens is 1. The molecular formula is C34H26BrF3N2O4S2. The van der Waals surface area contributed by atoms with E-state index in [0.29, 0.717) is 18.8 Å². The number of para-hydroxylation sites is 1. The third kappa shape index (κ3) is 4.62. The molecule has 236 valence electrons. The first-order chi connectivity index (χ1) is 22.0. The molecule has 3 aromatic carbocycles. The van der Waals surface area contributed by atoms with Crippen molar-refractivity contribution in [2.45, 2.75) is 42.3 Å². The molecule has 46 heavy (non-hydrogen) atoms. The number of aryl methyl sites for hydroxylation is 1. The summed E-state index contributed by atoms with van der Waals surface area (Å²) in [4.78, 5) is 45.2. The predicted molar refractivity (Wildman–Crippen MR) is 172 cm³/mol. The Bertz CT molecular complexity index is 1980. The van der Waals surface area contributed by atoms with Crippen molar-refractivity contribution in [3.8, 4) is 5.75 Å². The number of rotatable bonds is 5. The van der Waals surface area contributed by atoms with Crippen molar-refractivity contribution >= 4 is 56.5 Å². The number of anilines is 1. The predicted octanol–water partition coefficient (Wildman–Crippen LogP) is 7.78. The van der Waals surface area contributed by atoms with E-state index in [1.54, 1.807) is 0 Å². The van der Waals surface area contributed by atoms with Gasteiger partial charge in [0.1, 0.15) is 12.4 Å². The van der Waals surface area contributed by atoms with E-state index >= 15 is 0 Å². The lowest BCUT2D eigenvalue weighted by molar-refractivity contribution is -0.137. The highest BCUT2D eigenvalue weighted by molar-refractivity contribution is 9.10. The van der Waals surface area contributed by atoms with Gasteiger partial charge in [0.2, 0.25) is 11.8 Å². The minimum Gasteiger partial charge on any atom is -0.489 e. The van der Waals surface area contributed by atoms with Gasteiger partial charge in [-0.15, -0.1) is 11.8 Å². The van der Waals surface area contributed by atoms with Crippen molar-refractivity contribution in [2.75, 3.05) is 4.90 Å². The third-order valence-corrected chi connectivity index (χ3v) is 13.0. The van der Waals surface area contributed by atoms with Crippen molar-refractivity contribution in [3.05, 3.63) is 108 Å². The van der Waals surface area contributed by atoms with Crippen LogP contribution in [0.15, 0.2) is 81.0 Å². The Labute approximate surface area is 278 Å². The second-order valence-corrected chi connectivity index (χ2v) is 15.6. The quantitative estimate of drug-likeness (QED) is 0.213. The maximum Gasteiger partial charge on any atom is 0.418 e. The second-order valence-electron chi connectivity index (χ2n) is 12.4. The van der Waals surface area contributed by atoms with Gasteiger partial charge < -0.3 is 9.72 Å². The van der Waals surface area contributed by atoms with Crippen molar-refractivity contribution < 1.29 is 27.5 Å². The fourth-order valence-corrected chi connectivity index (χ4v) is 11.6. The van der Waals surface area contributed by atoms with Gasteiger partial charge in [-0.2, -0.15) is 13.2 Å². The molecule has 2 amide bonds. The average Bonchev–Trinajstić information content (AvgIpc) is 3.75. The fraction of sp³-hybridized carbons (Fsp3) is 0.324. The first-order valence-corrected chi connectivity index (χ1v) is 17.4. The van der Waals surface area contributed by atoms with E-state index in [9.17, 15) is 27.6 Å². The van der Waals surface area contributed by atoms with E-state index < -0.39 is 41.1 Å². The fourth-order valence-electron chi connectivity index (χ4n) is 8.37. The number of imide groups is 1. The maximum absolute atomic E-state index is 14.1. The van der Waals surface area contributed by atoms with Gasteiger partial charge in [-0.05, 0) is 67.0 Å². The molecule has 0 radical (unpaired) electrons. The molecule has 8 rings (SSSR count). The first kappa shape index (κ1) is 30.0. The number of halogens is 4. The molecular weight excluding hydrogens is 701 g/mol. The number of fused-ring (bicyclic) bond motifs is 9. The number of carbonyl (C=O) groups excluding carboxylic acids is 2. The molecule has 1 saturated heterocycles. The Kier molecular flexibility index (Phi) is 7.08. The van der Waals surface area contributed by atoms with Crippen LogP contribution in [0.2, 0.25) is 0 Å². The number of hydrogen-bond acceptors (Lipinski definition) is 6. The van der Waals surface area contributed by atoms with E-state index in [0.717, 1.165) is 53.4 Å². The summed E-state index contributed by atoms with van der Waals surface area (Å²) < 4.78 is 49.3. The first-order valence-electron chi connectivity index (χ1n) is 14.9. The number of carbonyl (C=O) groups is 2. The highest BCUT2D eigenvalue weighted by Crippen LogP contribution is 2.69. The highest BCUT2D eigenvalue weighted by atomic mass is 79.9. The van der Waals surface area contributed by atoms with Gasteiger partial charge in [0.05, 0.1) is 28.1 Å². The molecule has 4 aliphatic rings. The van der Waals surface area contributed by atoms with Crippen LogP contribution in [0.4, 0.5) is 18.9 Å². The number of hydrogen-bond donors (Lipinski definition) is 1. The molecule has 0 spiro atoms. The van der Waals surface area contributed by atoms with Crippen LogP contribution in [-0.2, 0) is 22.4 Å². The SMILES string of the molecule is Cc1cccc(COc2ccc(Br)cc2[C@@H]2c3sc(=O)[nH]c3S[C@@H]3[C@@H]4C[C@@H]([C@@H]5C(=O)N(c6ccccc6C(F)(F)F)C(=O)[C@@H]45)[C@@H]23)c1. The van der Waals surface area contributed by atoms with Crippen LogP contribution in [0.25, 0.3) is 0 Å². The summed E-state index contributed by atoms with van der Waals surface area (Å²) in [6.07, 6.45) is -4.11. The molecule has 2 saturated carbocycles. The molecule has 0 unspecified atom stereocenters. The molecule has 1 aromatic heterocycles. The summed E-state index contributed by atoms with van der Waals surface area (Å²) in [6.45, 7) is 2.35. The van der Waals surface area contributed by atoms with Crippen molar-refractivity contribution in [1.29, 1.82) is 0 Å². The minimum atomic E-state index is -4.72. The molecule has 6 nitrogen and oxygen atoms in total. The van der Waals surface area contributed by atoms with Gasteiger partial charge in [0.15, 0.2) is 0 Å². The lowest BCUT2D eigenvalue weighted by atomic mass is 9.68. The van der Waals surface area contributed by atoms with Gasteiger partial charge >= 0.3 is 11.0 Å². The molecule has 3 fully saturated rings.